The molecule has 0 spiro atoms. The number of allylic oxidation sites excluding steroid dienone is 1. The van der Waals surface area contributed by atoms with E-state index in [1.165, 1.54) is 0 Å². The monoisotopic (exact) mass is 251 g/mol. The summed E-state index contributed by atoms with van der Waals surface area (Å²) >= 11 is 0. The standard InChI is InChI=1S/C12H19N3O.C2H6/c1-9(2)15-8-11(10(3)13-15)12(16)6-7-14(4)5;1-2/h6-9H,1-5H3;1-2H3/b7-6+;. The summed E-state index contributed by atoms with van der Waals surface area (Å²) in [5.74, 6) is -0.00176. The molecule has 0 aliphatic carbocycles. The summed E-state index contributed by atoms with van der Waals surface area (Å²) in [5.41, 5.74) is 1.45. The van der Waals surface area contributed by atoms with Gasteiger partial charge in [0, 0.05) is 38.6 Å². The number of aryl methyl sites for hydroxylation is 1. The van der Waals surface area contributed by atoms with Crippen LogP contribution in [0.4, 0.5) is 0 Å². The lowest BCUT2D eigenvalue weighted by atomic mass is 10.2. The molecule has 102 valence electrons. The van der Waals surface area contributed by atoms with E-state index in [1.54, 1.807) is 12.3 Å². The number of nitrogens with zero attached hydrogens (tertiary/aromatic N) is 3. The maximum Gasteiger partial charge on any atom is 0.190 e. The normalized spacial score (nSPS) is 10.4. The molecule has 4 nitrogen and oxygen atoms in total. The first-order chi connectivity index (χ1) is 8.41. The molecule has 1 rings (SSSR count). The van der Waals surface area contributed by atoms with E-state index in [0.29, 0.717) is 5.56 Å². The highest BCUT2D eigenvalue weighted by Crippen LogP contribution is 2.11. The molecular formula is C14H25N3O. The van der Waals surface area contributed by atoms with Crippen LogP contribution < -0.4 is 0 Å². The Hall–Kier alpha value is -1.58. The molecule has 0 saturated carbocycles. The molecule has 4 heteroatoms. The largest absolute Gasteiger partial charge is 0.383 e. The lowest BCUT2D eigenvalue weighted by Gasteiger charge is -2.03. The van der Waals surface area contributed by atoms with Crippen molar-refractivity contribution < 1.29 is 4.79 Å². The fourth-order valence-corrected chi connectivity index (χ4v) is 1.29. The van der Waals surface area contributed by atoms with Crippen molar-refractivity contribution in [3.8, 4) is 0 Å². The van der Waals surface area contributed by atoms with Gasteiger partial charge in [0.25, 0.3) is 0 Å². The Morgan fingerprint density at radius 1 is 1.39 bits per heavy atom. The predicted octanol–water partition coefficient (Wildman–Crippen LogP) is 3.06. The SMILES string of the molecule is CC.Cc1nn(C(C)C)cc1C(=O)/C=C/N(C)C. The number of carbonyl (C=O) groups is 1. The van der Waals surface area contributed by atoms with Crippen LogP contribution in [0.25, 0.3) is 0 Å². The molecule has 1 aromatic heterocycles. The van der Waals surface area contributed by atoms with Gasteiger partial charge < -0.3 is 4.90 Å². The first-order valence-corrected chi connectivity index (χ1v) is 6.36. The third-order valence-corrected chi connectivity index (χ3v) is 2.24. The highest BCUT2D eigenvalue weighted by molar-refractivity contribution is 6.05. The van der Waals surface area contributed by atoms with Gasteiger partial charge in [0.15, 0.2) is 5.78 Å². The maximum absolute atomic E-state index is 11.8. The summed E-state index contributed by atoms with van der Waals surface area (Å²) in [6.45, 7) is 9.93. The summed E-state index contributed by atoms with van der Waals surface area (Å²) in [6.07, 6.45) is 5.12. The second kappa shape index (κ2) is 7.69. The van der Waals surface area contributed by atoms with Crippen molar-refractivity contribution >= 4 is 5.78 Å². The molecule has 0 N–H and O–H groups in total. The molecule has 0 bridgehead atoms. The summed E-state index contributed by atoms with van der Waals surface area (Å²) < 4.78 is 1.81. The Bertz CT molecular complexity index is 403. The fraction of sp³-hybridized carbons (Fsp3) is 0.571. The quantitative estimate of drug-likeness (QED) is 0.610. The smallest absolute Gasteiger partial charge is 0.190 e. The van der Waals surface area contributed by atoms with Crippen molar-refractivity contribution in [3.63, 3.8) is 0 Å². The third-order valence-electron chi connectivity index (χ3n) is 2.24. The second-order valence-electron chi connectivity index (χ2n) is 4.35. The van der Waals surface area contributed by atoms with Crippen molar-refractivity contribution in [1.29, 1.82) is 0 Å². The molecule has 0 aromatic carbocycles. The molecule has 0 aliphatic heterocycles. The molecule has 0 saturated heterocycles. The zero-order valence-electron chi connectivity index (χ0n) is 12.6. The van der Waals surface area contributed by atoms with Crippen LogP contribution in [-0.2, 0) is 0 Å². The van der Waals surface area contributed by atoms with Crippen LogP contribution in [0.5, 0.6) is 0 Å². The van der Waals surface area contributed by atoms with Gasteiger partial charge in [0.05, 0.1) is 11.3 Å². The van der Waals surface area contributed by atoms with Crippen LogP contribution in [0, 0.1) is 6.92 Å². The Kier molecular flexibility index (Phi) is 7.01. The average molecular weight is 251 g/mol. The lowest BCUT2D eigenvalue weighted by molar-refractivity contribution is 0.104. The Labute approximate surface area is 110 Å². The van der Waals surface area contributed by atoms with Gasteiger partial charge >= 0.3 is 0 Å². The topological polar surface area (TPSA) is 38.1 Å². The molecule has 0 fully saturated rings. The van der Waals surface area contributed by atoms with Crippen LogP contribution in [0.3, 0.4) is 0 Å². The number of ketones is 1. The molecule has 1 heterocycles. The number of hydrogen-bond donors (Lipinski definition) is 0. The van der Waals surface area contributed by atoms with Gasteiger partial charge in [-0.1, -0.05) is 13.8 Å². The van der Waals surface area contributed by atoms with Gasteiger partial charge in [-0.15, -0.1) is 0 Å². The van der Waals surface area contributed by atoms with E-state index in [4.69, 9.17) is 0 Å². The van der Waals surface area contributed by atoms with E-state index >= 15 is 0 Å². The minimum atomic E-state index is -0.00176. The minimum Gasteiger partial charge on any atom is -0.383 e. The van der Waals surface area contributed by atoms with E-state index in [1.807, 2.05) is 64.5 Å². The van der Waals surface area contributed by atoms with Crippen molar-refractivity contribution in [2.75, 3.05) is 14.1 Å². The molecule has 0 aliphatic rings. The van der Waals surface area contributed by atoms with Crippen molar-refractivity contribution in [3.05, 3.63) is 29.7 Å². The van der Waals surface area contributed by atoms with E-state index < -0.39 is 0 Å². The van der Waals surface area contributed by atoms with Crippen LogP contribution in [0.1, 0.15) is 49.8 Å². The summed E-state index contributed by atoms with van der Waals surface area (Å²) in [4.78, 5) is 13.7. The molecular weight excluding hydrogens is 226 g/mol. The zero-order chi connectivity index (χ0) is 14.3. The van der Waals surface area contributed by atoms with Gasteiger partial charge in [-0.25, -0.2) is 0 Å². The van der Waals surface area contributed by atoms with Gasteiger partial charge in [-0.2, -0.15) is 5.10 Å². The Morgan fingerprint density at radius 2 is 1.94 bits per heavy atom. The third kappa shape index (κ3) is 4.73. The highest BCUT2D eigenvalue weighted by atomic mass is 16.1. The molecule has 0 atom stereocenters. The maximum atomic E-state index is 11.8. The molecule has 0 amide bonds. The fourth-order valence-electron chi connectivity index (χ4n) is 1.29. The number of aromatic nitrogens is 2. The van der Waals surface area contributed by atoms with E-state index in [2.05, 4.69) is 5.10 Å². The number of carbonyl (C=O) groups excluding carboxylic acids is 1. The van der Waals surface area contributed by atoms with Crippen LogP contribution in [0.15, 0.2) is 18.5 Å². The number of rotatable bonds is 4. The minimum absolute atomic E-state index is 0.00176. The van der Waals surface area contributed by atoms with Crippen molar-refractivity contribution in [2.24, 2.45) is 0 Å². The first kappa shape index (κ1) is 16.4. The van der Waals surface area contributed by atoms with Crippen molar-refractivity contribution in [1.82, 2.24) is 14.7 Å². The summed E-state index contributed by atoms with van der Waals surface area (Å²) in [7, 11) is 3.77. The Balaban J connectivity index is 0.00000137. The van der Waals surface area contributed by atoms with Gasteiger partial charge in [0.1, 0.15) is 0 Å². The second-order valence-corrected chi connectivity index (χ2v) is 4.35. The van der Waals surface area contributed by atoms with Crippen LogP contribution in [0.2, 0.25) is 0 Å². The van der Waals surface area contributed by atoms with Crippen molar-refractivity contribution in [2.45, 2.75) is 40.7 Å². The molecule has 0 unspecified atom stereocenters. The Morgan fingerprint density at radius 3 is 2.33 bits per heavy atom. The highest BCUT2D eigenvalue weighted by Gasteiger charge is 2.11. The van der Waals surface area contributed by atoms with Gasteiger partial charge in [0.2, 0.25) is 0 Å². The average Bonchev–Trinajstić information content (AvgIpc) is 2.71. The lowest BCUT2D eigenvalue weighted by Crippen LogP contribution is -2.03. The summed E-state index contributed by atoms with van der Waals surface area (Å²) in [5, 5.41) is 4.31. The molecule has 0 radical (unpaired) electrons. The van der Waals surface area contributed by atoms with E-state index in [0.717, 1.165) is 5.69 Å². The first-order valence-electron chi connectivity index (χ1n) is 6.36. The number of hydrogen-bond acceptors (Lipinski definition) is 3. The van der Waals surface area contributed by atoms with Gasteiger partial charge in [-0.05, 0) is 20.8 Å². The van der Waals surface area contributed by atoms with Gasteiger partial charge in [-0.3, -0.25) is 9.48 Å². The van der Waals surface area contributed by atoms with Crippen LogP contribution >= 0.6 is 0 Å². The zero-order valence-corrected chi connectivity index (χ0v) is 12.6. The van der Waals surface area contributed by atoms with Crippen LogP contribution in [-0.4, -0.2) is 34.6 Å². The van der Waals surface area contributed by atoms with E-state index in [9.17, 15) is 4.79 Å². The molecule has 1 aromatic rings. The van der Waals surface area contributed by atoms with E-state index in [-0.39, 0.29) is 11.8 Å². The predicted molar refractivity (Wildman–Crippen MR) is 75.9 cm³/mol. The summed E-state index contributed by atoms with van der Waals surface area (Å²) in [6, 6.07) is 0.276. The molecule has 18 heavy (non-hydrogen) atoms.